The van der Waals surface area contributed by atoms with E-state index in [9.17, 15) is 4.79 Å². The van der Waals surface area contributed by atoms with Gasteiger partial charge in [0.1, 0.15) is 0 Å². The molecule has 0 aromatic heterocycles. The Bertz CT molecular complexity index is 741. The lowest BCUT2D eigenvalue weighted by atomic mass is 9.63. The summed E-state index contributed by atoms with van der Waals surface area (Å²) >= 11 is 0. The Morgan fingerprint density at radius 1 is 1.04 bits per heavy atom. The van der Waals surface area contributed by atoms with E-state index in [0.717, 1.165) is 18.5 Å². The summed E-state index contributed by atoms with van der Waals surface area (Å²) in [6.07, 6.45) is 9.74. The molecule has 0 amide bonds. The van der Waals surface area contributed by atoms with Crippen molar-refractivity contribution >= 4 is 11.7 Å². The Morgan fingerprint density at radius 3 is 2.22 bits per heavy atom. The van der Waals surface area contributed by atoms with Crippen molar-refractivity contribution in [3.63, 3.8) is 0 Å². The summed E-state index contributed by atoms with van der Waals surface area (Å²) in [5, 5.41) is 9.09. The van der Waals surface area contributed by atoms with Crippen LogP contribution in [0.25, 0.3) is 0 Å². The molecule has 0 aliphatic heterocycles. The zero-order valence-corrected chi connectivity index (χ0v) is 16.3. The van der Waals surface area contributed by atoms with Crippen LogP contribution in [0.3, 0.4) is 0 Å². The molecule has 2 aromatic rings. The number of carbonyl (C=O) groups is 1. The van der Waals surface area contributed by atoms with Gasteiger partial charge in [0, 0.05) is 5.69 Å². The highest BCUT2D eigenvalue weighted by Gasteiger charge is 2.36. The quantitative estimate of drug-likeness (QED) is 0.457. The van der Waals surface area contributed by atoms with Crippen molar-refractivity contribution < 1.29 is 9.90 Å². The Labute approximate surface area is 162 Å². The summed E-state index contributed by atoms with van der Waals surface area (Å²) in [7, 11) is 0. The summed E-state index contributed by atoms with van der Waals surface area (Å²) in [5.41, 5.74) is 10.1. The van der Waals surface area contributed by atoms with E-state index < -0.39 is 5.97 Å². The van der Waals surface area contributed by atoms with Crippen molar-refractivity contribution in [1.82, 2.24) is 0 Å². The number of unbranched alkanes of at least 4 members (excludes halogenated alkanes) is 2. The van der Waals surface area contributed by atoms with E-state index in [-0.39, 0.29) is 5.41 Å². The lowest BCUT2D eigenvalue weighted by molar-refractivity contribution is 0.0697. The van der Waals surface area contributed by atoms with Gasteiger partial charge in [0.25, 0.3) is 0 Å². The van der Waals surface area contributed by atoms with Gasteiger partial charge in [0.2, 0.25) is 0 Å². The molecule has 0 radical (unpaired) electrons. The van der Waals surface area contributed by atoms with E-state index >= 15 is 0 Å². The third-order valence-corrected chi connectivity index (χ3v) is 6.35. The van der Waals surface area contributed by atoms with Crippen LogP contribution in [-0.2, 0) is 5.41 Å². The summed E-state index contributed by atoms with van der Waals surface area (Å²) in [4.78, 5) is 11.1. The number of carboxylic acid groups (broad SMARTS) is 1. The number of nitrogen functional groups attached to an aromatic ring is 1. The van der Waals surface area contributed by atoms with Crippen LogP contribution >= 0.6 is 0 Å². The van der Waals surface area contributed by atoms with Gasteiger partial charge in [-0.05, 0) is 78.8 Å². The highest BCUT2D eigenvalue weighted by Crippen LogP contribution is 2.48. The predicted octanol–water partition coefficient (Wildman–Crippen LogP) is 6.14. The lowest BCUT2D eigenvalue weighted by Crippen LogP contribution is -2.31. The monoisotopic (exact) mass is 365 g/mol. The molecule has 3 nitrogen and oxygen atoms in total. The highest BCUT2D eigenvalue weighted by molar-refractivity contribution is 5.87. The van der Waals surface area contributed by atoms with E-state index in [1.165, 1.54) is 49.7 Å². The Kier molecular flexibility index (Phi) is 6.20. The molecule has 3 heteroatoms. The predicted molar refractivity (Wildman–Crippen MR) is 111 cm³/mol. The average molecular weight is 366 g/mol. The van der Waals surface area contributed by atoms with Gasteiger partial charge in [-0.25, -0.2) is 4.79 Å². The van der Waals surface area contributed by atoms with E-state index in [1.54, 1.807) is 12.1 Å². The van der Waals surface area contributed by atoms with Gasteiger partial charge >= 0.3 is 5.97 Å². The number of carboxylic acids is 1. The van der Waals surface area contributed by atoms with E-state index in [4.69, 9.17) is 10.8 Å². The summed E-state index contributed by atoms with van der Waals surface area (Å²) in [6.45, 7) is 2.26. The molecule has 27 heavy (non-hydrogen) atoms. The van der Waals surface area contributed by atoms with Crippen LogP contribution in [0.15, 0.2) is 48.5 Å². The van der Waals surface area contributed by atoms with Gasteiger partial charge < -0.3 is 10.8 Å². The first-order chi connectivity index (χ1) is 13.0. The summed E-state index contributed by atoms with van der Waals surface area (Å²) in [6, 6.07) is 16.0. The number of hydrogen-bond acceptors (Lipinski definition) is 2. The van der Waals surface area contributed by atoms with Gasteiger partial charge in [-0.2, -0.15) is 0 Å². The first-order valence-electron chi connectivity index (χ1n) is 10.2. The van der Waals surface area contributed by atoms with Gasteiger partial charge in [-0.3, -0.25) is 0 Å². The van der Waals surface area contributed by atoms with Crippen molar-refractivity contribution in [2.24, 2.45) is 0 Å². The number of benzene rings is 2. The number of aromatic carboxylic acids is 1. The normalized spacial score (nSPS) is 22.5. The van der Waals surface area contributed by atoms with Crippen molar-refractivity contribution in [1.29, 1.82) is 0 Å². The Hall–Kier alpha value is -2.29. The number of anilines is 1. The van der Waals surface area contributed by atoms with E-state index in [0.29, 0.717) is 11.5 Å². The third-order valence-electron chi connectivity index (χ3n) is 6.35. The molecule has 0 unspecified atom stereocenters. The maximum atomic E-state index is 11.1. The minimum atomic E-state index is -0.858. The van der Waals surface area contributed by atoms with Crippen molar-refractivity contribution in [2.45, 2.75) is 69.6 Å². The zero-order valence-electron chi connectivity index (χ0n) is 16.3. The van der Waals surface area contributed by atoms with Crippen molar-refractivity contribution in [3.05, 3.63) is 65.2 Å². The lowest BCUT2D eigenvalue weighted by Gasteiger charge is -2.41. The smallest absolute Gasteiger partial charge is 0.335 e. The molecule has 1 saturated carbocycles. The summed E-state index contributed by atoms with van der Waals surface area (Å²) < 4.78 is 0. The van der Waals surface area contributed by atoms with Crippen LogP contribution in [0.1, 0.15) is 85.7 Å². The van der Waals surface area contributed by atoms with Crippen LogP contribution < -0.4 is 5.73 Å². The Balaban J connectivity index is 1.74. The molecule has 0 spiro atoms. The number of hydrogen-bond donors (Lipinski definition) is 2. The van der Waals surface area contributed by atoms with Crippen molar-refractivity contribution in [3.8, 4) is 0 Å². The standard InChI is InChI=1S/C24H31NO2/c1-2-3-4-15-24(21-9-11-22(25)12-10-21)16-13-19(14-17-24)18-5-7-20(8-6-18)23(26)27/h5-12,19H,2-4,13-17,25H2,1H3,(H,26,27)/t19-,24+. The SMILES string of the molecule is CCCCC[C@]1(c2ccc(N)cc2)CC[C@@H](c2ccc(C(=O)O)cc2)CC1. The third kappa shape index (κ3) is 4.52. The topological polar surface area (TPSA) is 63.3 Å². The molecule has 0 saturated heterocycles. The number of nitrogens with two attached hydrogens (primary N) is 1. The largest absolute Gasteiger partial charge is 0.478 e. The molecule has 1 fully saturated rings. The molecule has 0 heterocycles. The second-order valence-corrected chi connectivity index (χ2v) is 8.06. The molecule has 1 aliphatic carbocycles. The zero-order chi connectivity index (χ0) is 19.3. The van der Waals surface area contributed by atoms with Gasteiger partial charge in [-0.1, -0.05) is 50.5 Å². The molecular weight excluding hydrogens is 334 g/mol. The van der Waals surface area contributed by atoms with Gasteiger partial charge in [0.15, 0.2) is 0 Å². The fourth-order valence-electron chi connectivity index (χ4n) is 4.63. The molecule has 1 aliphatic rings. The molecular formula is C24H31NO2. The second kappa shape index (κ2) is 8.60. The van der Waals surface area contributed by atoms with Gasteiger partial charge in [-0.15, -0.1) is 0 Å². The molecule has 0 bridgehead atoms. The molecule has 0 atom stereocenters. The number of rotatable bonds is 7. The Morgan fingerprint density at radius 2 is 1.67 bits per heavy atom. The average Bonchev–Trinajstić information content (AvgIpc) is 2.69. The molecule has 3 rings (SSSR count). The maximum Gasteiger partial charge on any atom is 0.335 e. The van der Waals surface area contributed by atoms with E-state index in [1.807, 2.05) is 24.3 Å². The molecule has 2 aromatic carbocycles. The van der Waals surface area contributed by atoms with Crippen LogP contribution in [-0.4, -0.2) is 11.1 Å². The van der Waals surface area contributed by atoms with E-state index in [2.05, 4.69) is 19.1 Å². The van der Waals surface area contributed by atoms with Gasteiger partial charge in [0.05, 0.1) is 5.56 Å². The van der Waals surface area contributed by atoms with Crippen LogP contribution in [0.5, 0.6) is 0 Å². The summed E-state index contributed by atoms with van der Waals surface area (Å²) in [5.74, 6) is -0.329. The van der Waals surface area contributed by atoms with Crippen LogP contribution in [0.2, 0.25) is 0 Å². The molecule has 3 N–H and O–H groups in total. The van der Waals surface area contributed by atoms with Crippen molar-refractivity contribution in [2.75, 3.05) is 5.73 Å². The maximum absolute atomic E-state index is 11.1. The first kappa shape index (κ1) is 19.5. The van der Waals surface area contributed by atoms with Crippen LogP contribution in [0.4, 0.5) is 5.69 Å². The first-order valence-corrected chi connectivity index (χ1v) is 10.2. The fraction of sp³-hybridized carbons (Fsp3) is 0.458. The minimum Gasteiger partial charge on any atom is -0.478 e. The molecule has 144 valence electrons. The van der Waals surface area contributed by atoms with Crippen LogP contribution in [0, 0.1) is 0 Å². The minimum absolute atomic E-state index is 0.264. The fourth-order valence-corrected chi connectivity index (χ4v) is 4.63. The second-order valence-electron chi connectivity index (χ2n) is 8.06. The highest BCUT2D eigenvalue weighted by atomic mass is 16.4.